The van der Waals surface area contributed by atoms with Crippen LogP contribution in [0.25, 0.3) is 16.6 Å². The summed E-state index contributed by atoms with van der Waals surface area (Å²) in [7, 11) is -7.74. The van der Waals surface area contributed by atoms with Crippen LogP contribution in [0.5, 0.6) is 0 Å². The van der Waals surface area contributed by atoms with Gasteiger partial charge in [0.25, 0.3) is 0 Å². The molecule has 206 valence electrons. The summed E-state index contributed by atoms with van der Waals surface area (Å²) in [6.45, 7) is 0.400. The predicted molar refractivity (Wildman–Crippen MR) is 145 cm³/mol. The molecule has 2 heterocycles. The van der Waals surface area contributed by atoms with Gasteiger partial charge >= 0.3 is 0 Å². The van der Waals surface area contributed by atoms with Crippen molar-refractivity contribution in [3.05, 3.63) is 83.3 Å². The zero-order valence-electron chi connectivity index (χ0n) is 20.7. The number of halogens is 2. The molecule has 3 aromatic carbocycles. The topological polar surface area (TPSA) is 122 Å². The van der Waals surface area contributed by atoms with Crippen molar-refractivity contribution in [2.45, 2.75) is 35.1 Å². The standard InChI is InChI=1S/C26H26ClFN4O5S2/c27-25-15-26-19(16-29-32(26)22-5-3-20(28)4-6-22)13-18(25)14-21(17-33)30-38(34,35)23-7-9-24(10-8-23)39(36,37)31-11-1-2-12-31/h3-10,13,15-16,21,30,33H,1-2,11-12,14,17H2. The quantitative estimate of drug-likeness (QED) is 0.307. The first-order chi connectivity index (χ1) is 18.6. The molecule has 5 rings (SSSR count). The molecule has 1 atom stereocenters. The molecule has 9 nitrogen and oxygen atoms in total. The fraction of sp³-hybridized carbons (Fsp3) is 0.269. The molecule has 0 spiro atoms. The van der Waals surface area contributed by atoms with Crippen LogP contribution < -0.4 is 4.72 Å². The Labute approximate surface area is 230 Å². The van der Waals surface area contributed by atoms with E-state index in [9.17, 15) is 26.3 Å². The molecule has 39 heavy (non-hydrogen) atoms. The Morgan fingerprint density at radius 3 is 2.26 bits per heavy atom. The summed E-state index contributed by atoms with van der Waals surface area (Å²) in [6.07, 6.45) is 3.31. The zero-order chi connectivity index (χ0) is 27.8. The van der Waals surface area contributed by atoms with Gasteiger partial charge < -0.3 is 5.11 Å². The molecule has 4 aromatic rings. The van der Waals surface area contributed by atoms with Crippen molar-refractivity contribution in [2.24, 2.45) is 0 Å². The Morgan fingerprint density at radius 1 is 0.974 bits per heavy atom. The summed E-state index contributed by atoms with van der Waals surface area (Å²) >= 11 is 6.53. The monoisotopic (exact) mass is 592 g/mol. The lowest BCUT2D eigenvalue weighted by Crippen LogP contribution is -2.39. The van der Waals surface area contributed by atoms with Crippen LogP contribution in [0.4, 0.5) is 4.39 Å². The minimum absolute atomic E-state index is 0.0309. The third-order valence-electron chi connectivity index (χ3n) is 6.65. The van der Waals surface area contributed by atoms with Crippen molar-refractivity contribution < 1.29 is 26.3 Å². The number of aliphatic hydroxyl groups excluding tert-OH is 1. The van der Waals surface area contributed by atoms with Gasteiger partial charge in [0.1, 0.15) is 5.82 Å². The van der Waals surface area contributed by atoms with Gasteiger partial charge in [-0.2, -0.15) is 9.40 Å². The van der Waals surface area contributed by atoms with Crippen LogP contribution in [0, 0.1) is 5.82 Å². The van der Waals surface area contributed by atoms with Gasteiger partial charge in [0.2, 0.25) is 20.0 Å². The minimum Gasteiger partial charge on any atom is -0.395 e. The van der Waals surface area contributed by atoms with Crippen LogP contribution in [-0.2, 0) is 26.5 Å². The molecule has 1 fully saturated rings. The van der Waals surface area contributed by atoms with E-state index in [1.807, 2.05) is 0 Å². The molecule has 1 aromatic heterocycles. The summed E-state index contributed by atoms with van der Waals surface area (Å²) in [5, 5.41) is 15.4. The Bertz CT molecular complexity index is 1700. The van der Waals surface area contributed by atoms with Crippen molar-refractivity contribution in [1.82, 2.24) is 18.8 Å². The molecule has 0 bridgehead atoms. The molecular formula is C26H26ClFN4O5S2. The van der Waals surface area contributed by atoms with Gasteiger partial charge in [0.05, 0.1) is 33.8 Å². The SMILES string of the molecule is O=S(=O)(NC(CO)Cc1cc2cnn(-c3ccc(F)cc3)c2cc1Cl)c1ccc(S(=O)(=O)N2CCCC2)cc1. The average Bonchev–Trinajstić information content (AvgIpc) is 3.60. The lowest BCUT2D eigenvalue weighted by Gasteiger charge is -2.18. The maximum atomic E-state index is 13.3. The average molecular weight is 593 g/mol. The molecule has 2 N–H and O–H groups in total. The number of benzene rings is 3. The Kier molecular flexibility index (Phi) is 7.77. The number of nitrogens with zero attached hydrogens (tertiary/aromatic N) is 3. The van der Waals surface area contributed by atoms with Crippen LogP contribution in [0.3, 0.4) is 0 Å². The number of sulfonamides is 2. The fourth-order valence-electron chi connectivity index (χ4n) is 4.60. The highest BCUT2D eigenvalue weighted by Gasteiger charge is 2.28. The van der Waals surface area contributed by atoms with Gasteiger partial charge in [-0.15, -0.1) is 0 Å². The molecule has 13 heteroatoms. The third-order valence-corrected chi connectivity index (χ3v) is 10.5. The van der Waals surface area contributed by atoms with Crippen molar-refractivity contribution in [3.8, 4) is 5.69 Å². The molecule has 1 aliphatic rings. The molecular weight excluding hydrogens is 567 g/mol. The molecule has 1 saturated heterocycles. The lowest BCUT2D eigenvalue weighted by atomic mass is 10.1. The first-order valence-electron chi connectivity index (χ1n) is 12.2. The van der Waals surface area contributed by atoms with Crippen molar-refractivity contribution >= 4 is 42.6 Å². The maximum Gasteiger partial charge on any atom is 0.243 e. The molecule has 0 radical (unpaired) electrons. The van der Waals surface area contributed by atoms with Crippen molar-refractivity contribution in [3.63, 3.8) is 0 Å². The minimum atomic E-state index is -4.07. The van der Waals surface area contributed by atoms with E-state index in [1.165, 1.54) is 40.7 Å². The van der Waals surface area contributed by atoms with E-state index in [4.69, 9.17) is 11.6 Å². The number of rotatable bonds is 9. The van der Waals surface area contributed by atoms with Crippen molar-refractivity contribution in [1.29, 1.82) is 0 Å². The van der Waals surface area contributed by atoms with E-state index < -0.39 is 32.7 Å². The second-order valence-corrected chi connectivity index (χ2v) is 13.4. The highest BCUT2D eigenvalue weighted by atomic mass is 35.5. The molecule has 0 aliphatic carbocycles. The van der Waals surface area contributed by atoms with Gasteiger partial charge in [-0.05, 0) is 85.5 Å². The van der Waals surface area contributed by atoms with E-state index in [1.54, 1.807) is 35.1 Å². The van der Waals surface area contributed by atoms with E-state index in [0.29, 0.717) is 34.9 Å². The van der Waals surface area contributed by atoms with Crippen LogP contribution in [0.15, 0.2) is 76.7 Å². The predicted octanol–water partition coefficient (Wildman–Crippen LogP) is 3.48. The summed E-state index contributed by atoms with van der Waals surface area (Å²) in [5.74, 6) is -0.365. The van der Waals surface area contributed by atoms with E-state index >= 15 is 0 Å². The van der Waals surface area contributed by atoms with Gasteiger partial charge in [-0.25, -0.2) is 30.6 Å². The summed E-state index contributed by atoms with van der Waals surface area (Å²) < 4.78 is 70.3. The normalized spacial score (nSPS) is 15.7. The largest absolute Gasteiger partial charge is 0.395 e. The molecule has 1 aliphatic heterocycles. The third kappa shape index (κ3) is 5.72. The Morgan fingerprint density at radius 2 is 1.62 bits per heavy atom. The van der Waals surface area contributed by atoms with Crippen LogP contribution in [-0.4, -0.2) is 61.8 Å². The van der Waals surface area contributed by atoms with Gasteiger partial charge in [0.15, 0.2) is 0 Å². The number of hydrogen-bond donors (Lipinski definition) is 2. The molecule has 1 unspecified atom stereocenters. The van der Waals surface area contributed by atoms with Gasteiger partial charge in [-0.1, -0.05) is 11.6 Å². The van der Waals surface area contributed by atoms with E-state index in [-0.39, 0.29) is 22.0 Å². The summed E-state index contributed by atoms with van der Waals surface area (Å²) in [5.41, 5.74) is 1.92. The maximum absolute atomic E-state index is 13.3. The fourth-order valence-corrected chi connectivity index (χ4v) is 7.58. The number of aliphatic hydroxyl groups is 1. The second-order valence-electron chi connectivity index (χ2n) is 9.32. The summed E-state index contributed by atoms with van der Waals surface area (Å²) in [6, 6.07) is 13.4. The zero-order valence-corrected chi connectivity index (χ0v) is 23.1. The van der Waals surface area contributed by atoms with Gasteiger partial charge in [-0.3, -0.25) is 0 Å². The first-order valence-corrected chi connectivity index (χ1v) is 15.5. The number of hydrogen-bond acceptors (Lipinski definition) is 6. The van der Waals surface area contributed by atoms with Crippen molar-refractivity contribution in [2.75, 3.05) is 19.7 Å². The lowest BCUT2D eigenvalue weighted by molar-refractivity contribution is 0.256. The smallest absolute Gasteiger partial charge is 0.243 e. The first kappa shape index (κ1) is 27.7. The van der Waals surface area contributed by atoms with Gasteiger partial charge in [0, 0.05) is 29.5 Å². The highest BCUT2D eigenvalue weighted by molar-refractivity contribution is 7.89. The molecule has 0 saturated carbocycles. The highest BCUT2D eigenvalue weighted by Crippen LogP contribution is 2.28. The van der Waals surface area contributed by atoms with E-state index in [2.05, 4.69) is 9.82 Å². The summed E-state index contributed by atoms with van der Waals surface area (Å²) in [4.78, 5) is -0.0910. The van der Waals surface area contributed by atoms with E-state index in [0.717, 1.165) is 18.2 Å². The molecule has 0 amide bonds. The number of aromatic nitrogens is 2. The Balaban J connectivity index is 1.33. The number of nitrogens with one attached hydrogen (secondary N) is 1. The van der Waals surface area contributed by atoms with Crippen LogP contribution in [0.2, 0.25) is 5.02 Å². The number of fused-ring (bicyclic) bond motifs is 1. The van der Waals surface area contributed by atoms with Crippen LogP contribution >= 0.6 is 11.6 Å². The Hall–Kier alpha value is -2.87. The second kappa shape index (κ2) is 11.0. The van der Waals surface area contributed by atoms with Crippen LogP contribution in [0.1, 0.15) is 18.4 Å².